The second-order valence-electron chi connectivity index (χ2n) is 9.99. The highest BCUT2D eigenvalue weighted by molar-refractivity contribution is 5.84. The van der Waals surface area contributed by atoms with E-state index in [0.717, 1.165) is 38.9 Å². The first-order valence-electron chi connectivity index (χ1n) is 13.5. The van der Waals surface area contributed by atoms with E-state index in [0.29, 0.717) is 41.8 Å². The molecule has 2 fully saturated rings. The molecule has 200 valence electrons. The van der Waals surface area contributed by atoms with Crippen molar-refractivity contribution in [2.75, 3.05) is 30.3 Å². The zero-order chi connectivity index (χ0) is 25.8. The summed E-state index contributed by atoms with van der Waals surface area (Å²) in [6.07, 6.45) is 4.49. The molecular weight excluding hydrogens is 460 g/mol. The number of likely N-dealkylation sites (N-methyl/N-ethyl adjacent to an activating group) is 1. The van der Waals surface area contributed by atoms with Crippen LogP contribution in [0.3, 0.4) is 0 Å². The lowest BCUT2D eigenvalue weighted by Gasteiger charge is -2.23. The van der Waals surface area contributed by atoms with Gasteiger partial charge in [0.1, 0.15) is 12.2 Å². The highest BCUT2D eigenvalue weighted by Crippen LogP contribution is 2.34. The summed E-state index contributed by atoms with van der Waals surface area (Å²) < 4.78 is 1.82. The molecule has 0 bridgehead atoms. The fourth-order valence-corrected chi connectivity index (χ4v) is 5.51. The summed E-state index contributed by atoms with van der Waals surface area (Å²) >= 11 is 0. The molecule has 1 saturated heterocycles. The standard InChI is InChI=1S/C25H42N8O3/c1-5-15(6-2)28-23-20-24(31-25(30-23)26-13-16-10-9-11-32(16)8-4)33(14-27-20)18-12-17(21(35)22(18)36)29-19(34)7-3/h14-18,21-22,35-36H,5-13H2,1-4H3,(H,29,34)(H2,26,28,30,31)/t16-,17+,18-,21-,22+/m1/s1. The van der Waals surface area contributed by atoms with E-state index in [1.165, 1.54) is 6.42 Å². The van der Waals surface area contributed by atoms with Gasteiger partial charge in [0.15, 0.2) is 17.0 Å². The molecule has 36 heavy (non-hydrogen) atoms. The second-order valence-corrected chi connectivity index (χ2v) is 9.99. The van der Waals surface area contributed by atoms with Crippen LogP contribution in [0, 0.1) is 0 Å². The van der Waals surface area contributed by atoms with Crippen molar-refractivity contribution >= 4 is 28.8 Å². The number of hydrogen-bond acceptors (Lipinski definition) is 9. The molecule has 1 aliphatic carbocycles. The summed E-state index contributed by atoms with van der Waals surface area (Å²) in [6, 6.07) is -0.302. The molecule has 0 radical (unpaired) electrons. The Morgan fingerprint density at radius 3 is 2.64 bits per heavy atom. The average Bonchev–Trinajstić information content (AvgIpc) is 3.59. The molecule has 0 aromatic carbocycles. The van der Waals surface area contributed by atoms with Gasteiger partial charge in [-0.2, -0.15) is 9.97 Å². The van der Waals surface area contributed by atoms with Gasteiger partial charge in [-0.1, -0.05) is 27.7 Å². The number of aromatic nitrogens is 4. The third kappa shape index (κ3) is 5.42. The Morgan fingerprint density at radius 2 is 1.94 bits per heavy atom. The number of aliphatic hydroxyl groups excluding tert-OH is 2. The van der Waals surface area contributed by atoms with Crippen LogP contribution in [0.4, 0.5) is 11.8 Å². The number of aliphatic hydroxyl groups is 2. The van der Waals surface area contributed by atoms with Crippen LogP contribution < -0.4 is 16.0 Å². The highest BCUT2D eigenvalue weighted by Gasteiger charge is 2.43. The van der Waals surface area contributed by atoms with E-state index in [1.54, 1.807) is 13.3 Å². The van der Waals surface area contributed by atoms with Crippen LogP contribution in [-0.4, -0.2) is 90.5 Å². The van der Waals surface area contributed by atoms with Crippen molar-refractivity contribution in [1.82, 2.24) is 29.7 Å². The Balaban J connectivity index is 1.65. The first kappa shape index (κ1) is 26.6. The van der Waals surface area contributed by atoms with Crippen molar-refractivity contribution in [3.8, 4) is 0 Å². The normalized spacial score (nSPS) is 26.7. The molecule has 5 N–H and O–H groups in total. The maximum Gasteiger partial charge on any atom is 0.226 e. The van der Waals surface area contributed by atoms with Gasteiger partial charge in [-0.3, -0.25) is 9.69 Å². The van der Waals surface area contributed by atoms with Crippen molar-refractivity contribution in [3.63, 3.8) is 0 Å². The molecule has 4 rings (SSSR count). The minimum absolute atomic E-state index is 0.152. The van der Waals surface area contributed by atoms with Crippen LogP contribution in [-0.2, 0) is 4.79 Å². The zero-order valence-electron chi connectivity index (χ0n) is 21.9. The van der Waals surface area contributed by atoms with Crippen molar-refractivity contribution in [3.05, 3.63) is 6.33 Å². The third-order valence-corrected chi connectivity index (χ3v) is 7.83. The van der Waals surface area contributed by atoms with E-state index in [4.69, 9.17) is 9.97 Å². The van der Waals surface area contributed by atoms with Crippen LogP contribution >= 0.6 is 0 Å². The van der Waals surface area contributed by atoms with Crippen molar-refractivity contribution in [2.45, 2.75) is 103 Å². The second kappa shape index (κ2) is 11.7. The molecule has 0 unspecified atom stereocenters. The molecule has 2 aromatic heterocycles. The fraction of sp³-hybridized carbons (Fsp3) is 0.760. The number of likely N-dealkylation sites (tertiary alicyclic amines) is 1. The van der Waals surface area contributed by atoms with Crippen LogP contribution in [0.15, 0.2) is 6.33 Å². The Kier molecular flexibility index (Phi) is 8.63. The predicted molar refractivity (Wildman–Crippen MR) is 140 cm³/mol. The van der Waals surface area contributed by atoms with Gasteiger partial charge in [0.05, 0.1) is 18.4 Å². The molecule has 1 amide bonds. The number of nitrogens with one attached hydrogen (secondary N) is 3. The maximum atomic E-state index is 11.9. The van der Waals surface area contributed by atoms with Crippen LogP contribution in [0.5, 0.6) is 0 Å². The first-order valence-corrected chi connectivity index (χ1v) is 13.5. The molecule has 2 aromatic rings. The van der Waals surface area contributed by atoms with E-state index in [1.807, 2.05) is 4.57 Å². The van der Waals surface area contributed by atoms with Crippen molar-refractivity contribution in [1.29, 1.82) is 0 Å². The lowest BCUT2D eigenvalue weighted by atomic mass is 10.2. The number of anilines is 2. The first-order chi connectivity index (χ1) is 17.4. The van der Waals surface area contributed by atoms with E-state index in [2.05, 4.69) is 46.6 Å². The SMILES string of the molecule is CCC(=O)N[C@H]1C[C@@H](n2cnc3c(NC(CC)CC)nc(NC[C@H]4CCCN4CC)nc32)[C@H](O)[C@@H]1O. The van der Waals surface area contributed by atoms with E-state index >= 15 is 0 Å². The van der Waals surface area contributed by atoms with Crippen molar-refractivity contribution in [2.24, 2.45) is 0 Å². The molecule has 11 nitrogen and oxygen atoms in total. The van der Waals surface area contributed by atoms with Gasteiger partial charge >= 0.3 is 0 Å². The minimum Gasteiger partial charge on any atom is -0.388 e. The Morgan fingerprint density at radius 1 is 1.17 bits per heavy atom. The average molecular weight is 503 g/mol. The molecular formula is C25H42N8O3. The summed E-state index contributed by atoms with van der Waals surface area (Å²) in [7, 11) is 0. The van der Waals surface area contributed by atoms with Gasteiger partial charge in [-0.25, -0.2) is 4.98 Å². The van der Waals surface area contributed by atoms with E-state index in [-0.39, 0.29) is 11.9 Å². The highest BCUT2D eigenvalue weighted by atomic mass is 16.3. The van der Waals surface area contributed by atoms with Gasteiger partial charge < -0.3 is 30.7 Å². The lowest BCUT2D eigenvalue weighted by Crippen LogP contribution is -2.42. The summed E-state index contributed by atoms with van der Waals surface area (Å²) in [5.41, 5.74) is 1.23. The van der Waals surface area contributed by atoms with E-state index < -0.39 is 24.3 Å². The summed E-state index contributed by atoms with van der Waals surface area (Å²) in [6.45, 7) is 11.1. The molecule has 3 heterocycles. The van der Waals surface area contributed by atoms with Crippen LogP contribution in [0.25, 0.3) is 11.2 Å². The largest absolute Gasteiger partial charge is 0.388 e. The van der Waals surface area contributed by atoms with Crippen molar-refractivity contribution < 1.29 is 15.0 Å². The molecule has 1 aliphatic heterocycles. The fourth-order valence-electron chi connectivity index (χ4n) is 5.51. The van der Waals surface area contributed by atoms with Gasteiger partial charge in [-0.15, -0.1) is 0 Å². The Bertz CT molecular complexity index is 1030. The number of carbonyl (C=O) groups is 1. The number of carbonyl (C=O) groups excluding carboxylic acids is 1. The third-order valence-electron chi connectivity index (χ3n) is 7.83. The smallest absolute Gasteiger partial charge is 0.226 e. The quantitative estimate of drug-likeness (QED) is 0.311. The van der Waals surface area contributed by atoms with Gasteiger partial charge in [0.25, 0.3) is 0 Å². The Hall–Kier alpha value is -2.50. The molecule has 11 heteroatoms. The number of hydrogen-bond donors (Lipinski definition) is 5. The van der Waals surface area contributed by atoms with Gasteiger partial charge in [0, 0.05) is 25.0 Å². The van der Waals surface area contributed by atoms with Gasteiger partial charge in [0.2, 0.25) is 11.9 Å². The minimum atomic E-state index is -1.06. The molecule has 5 atom stereocenters. The van der Waals surface area contributed by atoms with Crippen LogP contribution in [0.2, 0.25) is 0 Å². The lowest BCUT2D eigenvalue weighted by molar-refractivity contribution is -0.122. The number of amides is 1. The van der Waals surface area contributed by atoms with Gasteiger partial charge in [-0.05, 0) is 45.2 Å². The maximum absolute atomic E-state index is 11.9. The Labute approximate surface area is 213 Å². The molecule has 1 saturated carbocycles. The predicted octanol–water partition coefficient (Wildman–Crippen LogP) is 1.88. The summed E-state index contributed by atoms with van der Waals surface area (Å²) in [5.74, 6) is 1.03. The van der Waals surface area contributed by atoms with E-state index in [9.17, 15) is 15.0 Å². The summed E-state index contributed by atoms with van der Waals surface area (Å²) in [4.78, 5) is 28.6. The number of rotatable bonds is 11. The monoisotopic (exact) mass is 502 g/mol. The van der Waals surface area contributed by atoms with Crippen LogP contribution in [0.1, 0.15) is 72.3 Å². The summed E-state index contributed by atoms with van der Waals surface area (Å²) in [5, 5.41) is 31.3. The number of imidazole rings is 1. The topological polar surface area (TPSA) is 140 Å². The molecule has 0 spiro atoms. The zero-order valence-corrected chi connectivity index (χ0v) is 21.9. The number of fused-ring (bicyclic) bond motifs is 1. The number of nitrogens with zero attached hydrogens (tertiary/aromatic N) is 5. The molecule has 2 aliphatic rings.